The minimum atomic E-state index is -3.63. The lowest BCUT2D eigenvalue weighted by Crippen LogP contribution is -2.50. The molecule has 0 radical (unpaired) electrons. The smallest absolute Gasteiger partial charge is 0.213 e. The Morgan fingerprint density at radius 3 is 2.14 bits per heavy atom. The van der Waals surface area contributed by atoms with Crippen LogP contribution in [0.3, 0.4) is 0 Å². The second-order valence-electron chi connectivity index (χ2n) is 4.55. The van der Waals surface area contributed by atoms with Crippen LogP contribution in [0.4, 0.5) is 0 Å². The van der Waals surface area contributed by atoms with Crippen LogP contribution in [-0.4, -0.2) is 57.9 Å². The van der Waals surface area contributed by atoms with Crippen molar-refractivity contribution < 1.29 is 16.8 Å². The van der Waals surface area contributed by atoms with E-state index in [-0.39, 0.29) is 37.0 Å². The van der Waals surface area contributed by atoms with E-state index in [0.717, 1.165) is 11.1 Å². The highest BCUT2D eigenvalue weighted by atomic mass is 79.9. The van der Waals surface area contributed by atoms with E-state index in [2.05, 4.69) is 15.9 Å². The van der Waals surface area contributed by atoms with Crippen molar-refractivity contribution in [1.82, 2.24) is 8.61 Å². The van der Waals surface area contributed by atoms with Crippen molar-refractivity contribution in [1.29, 1.82) is 0 Å². The zero-order valence-corrected chi connectivity index (χ0v) is 15.9. The van der Waals surface area contributed by atoms with E-state index in [1.807, 2.05) is 0 Å². The summed E-state index contributed by atoms with van der Waals surface area (Å²) < 4.78 is 51.2. The maximum Gasteiger partial charge on any atom is 0.245 e. The van der Waals surface area contributed by atoms with Gasteiger partial charge in [-0.15, -0.1) is 22.9 Å². The van der Waals surface area contributed by atoms with Gasteiger partial charge in [0.05, 0.1) is 15.9 Å². The van der Waals surface area contributed by atoms with Gasteiger partial charge in [0.25, 0.3) is 0 Å². The molecule has 1 aliphatic rings. The molecule has 1 aliphatic heterocycles. The van der Waals surface area contributed by atoms with Gasteiger partial charge in [0, 0.05) is 31.1 Å². The van der Waals surface area contributed by atoms with Crippen LogP contribution < -0.4 is 0 Å². The zero-order valence-electron chi connectivity index (χ0n) is 11.1. The van der Waals surface area contributed by atoms with Crippen LogP contribution in [0.2, 0.25) is 0 Å². The normalized spacial score (nSPS) is 19.0. The molecule has 2 heterocycles. The molecule has 0 atom stereocenters. The molecule has 0 aliphatic carbocycles. The molecule has 2 rings (SSSR count). The minimum Gasteiger partial charge on any atom is -0.213 e. The van der Waals surface area contributed by atoms with Gasteiger partial charge in [0.15, 0.2) is 0 Å². The minimum absolute atomic E-state index is 0.147. The van der Waals surface area contributed by atoms with Gasteiger partial charge in [-0.2, -0.15) is 8.61 Å². The van der Waals surface area contributed by atoms with Crippen LogP contribution in [0.15, 0.2) is 14.7 Å². The number of nitrogens with zero attached hydrogens (tertiary/aromatic N) is 2. The van der Waals surface area contributed by atoms with Gasteiger partial charge in [-0.3, -0.25) is 0 Å². The lowest BCUT2D eigenvalue weighted by Gasteiger charge is -2.32. The van der Waals surface area contributed by atoms with E-state index >= 15 is 0 Å². The number of alkyl halides is 1. The van der Waals surface area contributed by atoms with Crippen LogP contribution in [0, 0.1) is 0 Å². The van der Waals surface area contributed by atoms with E-state index in [9.17, 15) is 16.8 Å². The Hall–Kier alpha value is 0.290. The number of sulfonamides is 2. The largest absolute Gasteiger partial charge is 0.245 e. The molecule has 21 heavy (non-hydrogen) atoms. The second-order valence-corrected chi connectivity index (χ2v) is 11.2. The summed E-state index contributed by atoms with van der Waals surface area (Å²) in [5.41, 5.74) is 0. The van der Waals surface area contributed by atoms with E-state index in [1.165, 1.54) is 19.9 Å². The first kappa shape index (κ1) is 17.6. The highest BCUT2D eigenvalue weighted by Crippen LogP contribution is 2.34. The molecule has 0 amide bonds. The van der Waals surface area contributed by atoms with Crippen molar-refractivity contribution in [2.75, 3.05) is 32.4 Å². The van der Waals surface area contributed by atoms with Crippen molar-refractivity contribution in [2.45, 2.75) is 10.8 Å². The summed E-state index contributed by atoms with van der Waals surface area (Å²) >= 11 is 10.3. The molecule has 0 unspecified atom stereocenters. The van der Waals surface area contributed by atoms with Crippen LogP contribution in [0.5, 0.6) is 0 Å². The van der Waals surface area contributed by atoms with Crippen molar-refractivity contribution in [3.8, 4) is 0 Å². The summed E-state index contributed by atoms with van der Waals surface area (Å²) in [7, 11) is -6.91. The Bertz CT molecular complexity index is 723. The van der Waals surface area contributed by atoms with Crippen molar-refractivity contribution in [3.05, 3.63) is 14.7 Å². The molecular formula is C10H14BrClN2O4S3. The van der Waals surface area contributed by atoms with E-state index in [0.29, 0.717) is 3.79 Å². The molecule has 1 aromatic heterocycles. The average Bonchev–Trinajstić information content (AvgIpc) is 2.80. The Morgan fingerprint density at radius 1 is 1.19 bits per heavy atom. The maximum absolute atomic E-state index is 12.6. The number of rotatable bonds is 4. The summed E-state index contributed by atoms with van der Waals surface area (Å²) in [6, 6.07) is 1.56. The molecular weight excluding hydrogens is 424 g/mol. The van der Waals surface area contributed by atoms with Gasteiger partial charge in [-0.05, 0) is 22.0 Å². The second kappa shape index (κ2) is 6.42. The summed E-state index contributed by atoms with van der Waals surface area (Å²) in [5.74, 6) is 0.251. The van der Waals surface area contributed by atoms with Gasteiger partial charge in [0.2, 0.25) is 20.0 Å². The monoisotopic (exact) mass is 436 g/mol. The summed E-state index contributed by atoms with van der Waals surface area (Å²) in [6.45, 7) is 0.631. The SMILES string of the molecule is CS(=O)(=O)N1CCN(S(=O)(=O)c2cc(CCl)sc2Br)CC1. The topological polar surface area (TPSA) is 74.8 Å². The Labute approximate surface area is 141 Å². The van der Waals surface area contributed by atoms with E-state index < -0.39 is 20.0 Å². The predicted molar refractivity (Wildman–Crippen MR) is 86.8 cm³/mol. The summed E-state index contributed by atoms with van der Waals surface area (Å²) in [4.78, 5) is 0.952. The molecule has 0 N–H and O–H groups in total. The average molecular weight is 438 g/mol. The van der Waals surface area contributed by atoms with Gasteiger partial charge >= 0.3 is 0 Å². The molecule has 1 saturated heterocycles. The number of halogens is 2. The van der Waals surface area contributed by atoms with Gasteiger partial charge in [0.1, 0.15) is 4.90 Å². The first-order valence-electron chi connectivity index (χ1n) is 5.95. The van der Waals surface area contributed by atoms with Crippen LogP contribution in [0.1, 0.15) is 4.88 Å². The fourth-order valence-electron chi connectivity index (χ4n) is 2.02. The fraction of sp³-hybridized carbons (Fsp3) is 0.600. The first-order chi connectivity index (χ1) is 9.66. The van der Waals surface area contributed by atoms with Crippen molar-refractivity contribution >= 4 is 58.9 Å². The third kappa shape index (κ3) is 3.80. The van der Waals surface area contributed by atoms with Crippen molar-refractivity contribution in [2.24, 2.45) is 0 Å². The molecule has 1 fully saturated rings. The Balaban J connectivity index is 2.20. The molecule has 0 bridgehead atoms. The quantitative estimate of drug-likeness (QED) is 0.669. The maximum atomic E-state index is 12.6. The molecule has 11 heteroatoms. The van der Waals surface area contributed by atoms with Crippen molar-refractivity contribution in [3.63, 3.8) is 0 Å². The fourth-order valence-corrected chi connectivity index (χ4v) is 6.99. The molecule has 1 aromatic rings. The summed E-state index contributed by atoms with van der Waals surface area (Å²) in [5, 5.41) is 0. The third-order valence-corrected chi connectivity index (χ3v) is 9.02. The van der Waals surface area contributed by atoms with Gasteiger partial charge in [-0.25, -0.2) is 16.8 Å². The number of piperazine rings is 1. The molecule has 0 aromatic carbocycles. The Kier molecular flexibility index (Phi) is 5.39. The predicted octanol–water partition coefficient (Wildman–Crippen LogP) is 1.52. The molecule has 120 valence electrons. The van der Waals surface area contributed by atoms with Crippen LogP contribution in [0.25, 0.3) is 0 Å². The lowest BCUT2D eigenvalue weighted by atomic mass is 10.4. The van der Waals surface area contributed by atoms with Gasteiger partial charge < -0.3 is 0 Å². The summed E-state index contributed by atoms with van der Waals surface area (Å²) in [6.07, 6.45) is 1.12. The number of hydrogen-bond acceptors (Lipinski definition) is 5. The zero-order chi connectivity index (χ0) is 15.8. The highest BCUT2D eigenvalue weighted by Gasteiger charge is 2.33. The van der Waals surface area contributed by atoms with E-state index in [1.54, 1.807) is 6.07 Å². The molecule has 0 spiro atoms. The standard InChI is InChI=1S/C10H14BrClN2O4S3/c1-20(15,16)13-2-4-14(5-3-13)21(17,18)9-6-8(7-12)19-10(9)11/h6H,2-5,7H2,1H3. The van der Waals surface area contributed by atoms with Gasteiger partial charge in [-0.1, -0.05) is 0 Å². The third-order valence-electron chi connectivity index (χ3n) is 3.12. The van der Waals surface area contributed by atoms with E-state index in [4.69, 9.17) is 11.6 Å². The number of hydrogen-bond donors (Lipinski definition) is 0. The van der Waals surface area contributed by atoms with Crippen LogP contribution >= 0.6 is 38.9 Å². The first-order valence-corrected chi connectivity index (χ1v) is 11.4. The molecule has 0 saturated carbocycles. The lowest BCUT2D eigenvalue weighted by molar-refractivity contribution is 0.274. The number of thiophene rings is 1. The highest BCUT2D eigenvalue weighted by molar-refractivity contribution is 9.11. The Morgan fingerprint density at radius 2 is 1.71 bits per heavy atom. The van der Waals surface area contributed by atoms with Crippen LogP contribution in [-0.2, 0) is 25.9 Å². The molecule has 6 nitrogen and oxygen atoms in total.